The van der Waals surface area contributed by atoms with Gasteiger partial charge in [0.05, 0.1) is 26.6 Å². The maximum atomic E-state index is 5.68. The molecule has 1 aromatic heterocycles. The van der Waals surface area contributed by atoms with Crippen LogP contribution >= 0.6 is 0 Å². The van der Waals surface area contributed by atoms with Crippen LogP contribution in [0.15, 0.2) is 66.2 Å². The molecule has 0 saturated carbocycles. The molecule has 0 fully saturated rings. The van der Waals surface area contributed by atoms with Gasteiger partial charge in [-0.15, -0.1) is 0 Å². The van der Waals surface area contributed by atoms with Gasteiger partial charge in [-0.05, 0) is 55.5 Å². The molecule has 0 amide bonds. The molecule has 33 heavy (non-hydrogen) atoms. The first-order valence-electron chi connectivity index (χ1n) is 11.6. The second kappa shape index (κ2) is 13.2. The molecule has 0 aliphatic rings. The van der Waals surface area contributed by atoms with Crippen molar-refractivity contribution >= 4 is 5.96 Å². The number of rotatable bonds is 12. The van der Waals surface area contributed by atoms with Crippen molar-refractivity contribution < 1.29 is 9.47 Å². The van der Waals surface area contributed by atoms with Crippen LogP contribution in [0.3, 0.4) is 0 Å². The maximum Gasteiger partial charge on any atom is 0.191 e. The predicted molar refractivity (Wildman–Crippen MR) is 133 cm³/mol. The van der Waals surface area contributed by atoms with Crippen LogP contribution in [0.1, 0.15) is 37.0 Å². The minimum atomic E-state index is 0.621. The lowest BCUT2D eigenvalue weighted by Crippen LogP contribution is -2.37. The van der Waals surface area contributed by atoms with E-state index in [9.17, 15) is 0 Å². The Labute approximate surface area is 196 Å². The van der Waals surface area contributed by atoms with Crippen LogP contribution in [0.2, 0.25) is 0 Å². The van der Waals surface area contributed by atoms with Gasteiger partial charge in [0.2, 0.25) is 0 Å². The minimum absolute atomic E-state index is 0.621. The van der Waals surface area contributed by atoms with Gasteiger partial charge in [-0.1, -0.05) is 30.3 Å². The van der Waals surface area contributed by atoms with Gasteiger partial charge in [-0.3, -0.25) is 0 Å². The molecule has 2 N–H and O–H groups in total. The molecular formula is C26H35N5O2. The van der Waals surface area contributed by atoms with E-state index in [4.69, 9.17) is 14.5 Å². The predicted octanol–water partition coefficient (Wildman–Crippen LogP) is 4.03. The van der Waals surface area contributed by atoms with Gasteiger partial charge in [0.1, 0.15) is 0 Å². The summed E-state index contributed by atoms with van der Waals surface area (Å²) in [7, 11) is 1.67. The average molecular weight is 450 g/mol. The zero-order valence-corrected chi connectivity index (χ0v) is 19.9. The highest BCUT2D eigenvalue weighted by atomic mass is 16.5. The van der Waals surface area contributed by atoms with Crippen molar-refractivity contribution in [2.75, 3.05) is 26.8 Å². The van der Waals surface area contributed by atoms with Crippen molar-refractivity contribution in [3.8, 4) is 11.5 Å². The van der Waals surface area contributed by atoms with Gasteiger partial charge in [-0.25, -0.2) is 9.98 Å². The highest BCUT2D eigenvalue weighted by Gasteiger charge is 2.06. The molecule has 176 valence electrons. The topological polar surface area (TPSA) is 72.7 Å². The number of hydrogen-bond acceptors (Lipinski definition) is 4. The summed E-state index contributed by atoms with van der Waals surface area (Å²) in [6.45, 7) is 7.78. The molecule has 0 aliphatic carbocycles. The number of benzene rings is 2. The smallest absolute Gasteiger partial charge is 0.191 e. The lowest BCUT2D eigenvalue weighted by atomic mass is 10.1. The van der Waals surface area contributed by atoms with Crippen molar-refractivity contribution in [3.05, 3.63) is 77.9 Å². The van der Waals surface area contributed by atoms with Gasteiger partial charge in [0.15, 0.2) is 17.5 Å². The lowest BCUT2D eigenvalue weighted by molar-refractivity contribution is 0.310. The number of aromatic nitrogens is 2. The van der Waals surface area contributed by atoms with Gasteiger partial charge >= 0.3 is 0 Å². The van der Waals surface area contributed by atoms with Gasteiger partial charge < -0.3 is 24.7 Å². The summed E-state index contributed by atoms with van der Waals surface area (Å²) < 4.78 is 13.1. The molecule has 3 rings (SSSR count). The fourth-order valence-electron chi connectivity index (χ4n) is 3.57. The number of nitrogens with zero attached hydrogens (tertiary/aromatic N) is 3. The minimum Gasteiger partial charge on any atom is -0.493 e. The summed E-state index contributed by atoms with van der Waals surface area (Å²) in [5, 5.41) is 6.78. The zero-order chi connectivity index (χ0) is 23.3. The van der Waals surface area contributed by atoms with Crippen LogP contribution < -0.4 is 20.1 Å². The first kappa shape index (κ1) is 24.2. The van der Waals surface area contributed by atoms with E-state index in [2.05, 4.69) is 63.5 Å². The van der Waals surface area contributed by atoms with Crippen LogP contribution in [0, 0.1) is 0 Å². The molecule has 7 heteroatoms. The SMILES string of the molecule is CCNC(=NCc1cccc(Cn2ccnc2)c1)NCCCc1ccc(OC)c(OCC)c1. The molecule has 0 spiro atoms. The Kier molecular flexibility index (Phi) is 9.63. The molecule has 0 saturated heterocycles. The van der Waals surface area contributed by atoms with Gasteiger partial charge in [0.25, 0.3) is 0 Å². The largest absolute Gasteiger partial charge is 0.493 e. The number of methoxy groups -OCH3 is 1. The van der Waals surface area contributed by atoms with E-state index in [1.54, 1.807) is 13.3 Å². The zero-order valence-electron chi connectivity index (χ0n) is 19.9. The van der Waals surface area contributed by atoms with Crippen LogP contribution in [0.4, 0.5) is 0 Å². The third-order valence-electron chi connectivity index (χ3n) is 5.14. The molecule has 0 atom stereocenters. The maximum absolute atomic E-state index is 5.68. The number of hydrogen-bond donors (Lipinski definition) is 2. The normalized spacial score (nSPS) is 11.3. The van der Waals surface area contributed by atoms with Crippen LogP contribution in [-0.4, -0.2) is 42.3 Å². The molecule has 0 bridgehead atoms. The lowest BCUT2D eigenvalue weighted by Gasteiger charge is -2.13. The quantitative estimate of drug-likeness (QED) is 0.248. The van der Waals surface area contributed by atoms with E-state index < -0.39 is 0 Å². The third-order valence-corrected chi connectivity index (χ3v) is 5.14. The number of guanidine groups is 1. The van der Waals surface area contributed by atoms with Crippen LogP contribution in [0.25, 0.3) is 0 Å². The van der Waals surface area contributed by atoms with E-state index in [-0.39, 0.29) is 0 Å². The number of nitrogens with one attached hydrogen (secondary N) is 2. The number of ether oxygens (including phenoxy) is 2. The van der Waals surface area contributed by atoms with Crippen molar-refractivity contribution in [2.45, 2.75) is 39.8 Å². The van der Waals surface area contributed by atoms with E-state index in [1.165, 1.54) is 16.7 Å². The van der Waals surface area contributed by atoms with E-state index in [1.807, 2.05) is 25.5 Å². The Bertz CT molecular complexity index is 1000. The van der Waals surface area contributed by atoms with E-state index in [0.717, 1.165) is 49.9 Å². The molecule has 0 unspecified atom stereocenters. The molecule has 3 aromatic rings. The Morgan fingerprint density at radius 1 is 1.03 bits per heavy atom. The number of aliphatic imine (C=N–C) groups is 1. The summed E-state index contributed by atoms with van der Waals surface area (Å²) in [6, 6.07) is 14.7. The molecule has 7 nitrogen and oxygen atoms in total. The summed E-state index contributed by atoms with van der Waals surface area (Å²) in [6.07, 6.45) is 7.55. The second-order valence-electron chi connectivity index (χ2n) is 7.70. The van der Waals surface area contributed by atoms with Crippen molar-refractivity contribution in [2.24, 2.45) is 4.99 Å². The molecule has 0 aliphatic heterocycles. The highest BCUT2D eigenvalue weighted by molar-refractivity contribution is 5.79. The summed E-state index contributed by atoms with van der Waals surface area (Å²) in [5.74, 6) is 2.41. The first-order valence-corrected chi connectivity index (χ1v) is 11.6. The Morgan fingerprint density at radius 2 is 1.91 bits per heavy atom. The van der Waals surface area contributed by atoms with E-state index in [0.29, 0.717) is 13.2 Å². The number of aryl methyl sites for hydroxylation is 1. The Balaban J connectivity index is 1.51. The summed E-state index contributed by atoms with van der Waals surface area (Å²) in [5.41, 5.74) is 3.66. The van der Waals surface area contributed by atoms with Crippen molar-refractivity contribution in [1.29, 1.82) is 0 Å². The monoisotopic (exact) mass is 449 g/mol. The Morgan fingerprint density at radius 3 is 2.67 bits per heavy atom. The third kappa shape index (κ3) is 7.86. The van der Waals surface area contributed by atoms with Gasteiger partial charge in [-0.2, -0.15) is 0 Å². The first-order chi connectivity index (χ1) is 16.2. The van der Waals surface area contributed by atoms with Crippen LogP contribution in [0.5, 0.6) is 11.5 Å². The molecule has 0 radical (unpaired) electrons. The van der Waals surface area contributed by atoms with Crippen molar-refractivity contribution in [3.63, 3.8) is 0 Å². The fraction of sp³-hybridized carbons (Fsp3) is 0.385. The van der Waals surface area contributed by atoms with E-state index >= 15 is 0 Å². The van der Waals surface area contributed by atoms with Crippen molar-refractivity contribution in [1.82, 2.24) is 20.2 Å². The highest BCUT2D eigenvalue weighted by Crippen LogP contribution is 2.28. The molecular weight excluding hydrogens is 414 g/mol. The summed E-state index contributed by atoms with van der Waals surface area (Å²) in [4.78, 5) is 8.87. The molecule has 1 heterocycles. The van der Waals surface area contributed by atoms with Crippen LogP contribution in [-0.2, 0) is 19.5 Å². The number of imidazole rings is 1. The molecule has 2 aromatic carbocycles. The standard InChI is InChI=1S/C26H35N5O2/c1-4-28-26(29-13-7-10-21-11-12-24(32-3)25(17-21)33-5-2)30-18-22-8-6-9-23(16-22)19-31-15-14-27-20-31/h6,8-9,11-12,14-17,20H,4-5,7,10,13,18-19H2,1-3H3,(H2,28,29,30). The Hall–Kier alpha value is -3.48. The second-order valence-corrected chi connectivity index (χ2v) is 7.70. The fourth-order valence-corrected chi connectivity index (χ4v) is 3.57. The summed E-state index contributed by atoms with van der Waals surface area (Å²) >= 11 is 0. The van der Waals surface area contributed by atoms with Gasteiger partial charge in [0, 0.05) is 32.0 Å². The average Bonchev–Trinajstić information content (AvgIpc) is 3.34.